The lowest BCUT2D eigenvalue weighted by atomic mass is 10.2. The van der Waals surface area contributed by atoms with Gasteiger partial charge in [-0.05, 0) is 36.8 Å². The average Bonchev–Trinajstić information content (AvgIpc) is 2.34. The highest BCUT2D eigenvalue weighted by Crippen LogP contribution is 2.21. The minimum atomic E-state index is -0.249. The third-order valence-electron chi connectivity index (χ3n) is 2.34. The van der Waals surface area contributed by atoms with E-state index in [1.54, 1.807) is 25.1 Å². The maximum Gasteiger partial charge on any atom is 0.219 e. The van der Waals surface area contributed by atoms with Crippen molar-refractivity contribution in [3.05, 3.63) is 53.5 Å². The number of halogens is 1. The molecule has 0 unspecified atom stereocenters. The molecule has 0 bridgehead atoms. The van der Waals surface area contributed by atoms with Crippen LogP contribution >= 0.6 is 0 Å². The van der Waals surface area contributed by atoms with E-state index in [9.17, 15) is 4.39 Å². The van der Waals surface area contributed by atoms with Gasteiger partial charge in [-0.15, -0.1) is 0 Å². The van der Waals surface area contributed by atoms with Gasteiger partial charge in [-0.3, -0.25) is 0 Å². The number of aromatic nitrogens is 1. The Balaban J connectivity index is 2.22. The van der Waals surface area contributed by atoms with Crippen molar-refractivity contribution in [3.63, 3.8) is 0 Å². The smallest absolute Gasteiger partial charge is 0.219 e. The Hall–Kier alpha value is -1.94. The van der Waals surface area contributed by atoms with Crippen LogP contribution in [0.5, 0.6) is 11.6 Å². The molecule has 1 aromatic heterocycles. The molecule has 1 aromatic carbocycles. The second kappa shape index (κ2) is 4.93. The fourth-order valence-electron chi connectivity index (χ4n) is 1.43. The minimum Gasteiger partial charge on any atom is -0.439 e. The van der Waals surface area contributed by atoms with E-state index < -0.39 is 0 Å². The number of hydrogen-bond donors (Lipinski definition) is 1. The van der Waals surface area contributed by atoms with Crippen molar-refractivity contribution < 1.29 is 9.13 Å². The van der Waals surface area contributed by atoms with Crippen LogP contribution in [-0.2, 0) is 6.54 Å². The monoisotopic (exact) mass is 232 g/mol. The standard InChI is InChI=1S/C13H13FN2O/c1-9-7-11(5-6-12(9)14)17-13-4-2-3-10(8-15)16-13/h2-7H,8,15H2,1H3. The molecule has 0 radical (unpaired) electrons. The van der Waals surface area contributed by atoms with Gasteiger partial charge in [0.2, 0.25) is 5.88 Å². The van der Waals surface area contributed by atoms with Crippen molar-refractivity contribution in [3.8, 4) is 11.6 Å². The van der Waals surface area contributed by atoms with Gasteiger partial charge in [0.1, 0.15) is 11.6 Å². The van der Waals surface area contributed by atoms with Gasteiger partial charge in [-0.1, -0.05) is 6.07 Å². The molecular formula is C13H13FN2O. The fraction of sp³-hybridized carbons (Fsp3) is 0.154. The molecule has 0 aliphatic carbocycles. The summed E-state index contributed by atoms with van der Waals surface area (Å²) in [6.45, 7) is 2.05. The van der Waals surface area contributed by atoms with Crippen LogP contribution in [-0.4, -0.2) is 4.98 Å². The summed E-state index contributed by atoms with van der Waals surface area (Å²) >= 11 is 0. The lowest BCUT2D eigenvalue weighted by molar-refractivity contribution is 0.458. The molecule has 0 aliphatic heterocycles. The third kappa shape index (κ3) is 2.79. The number of nitrogens with two attached hydrogens (primary N) is 1. The molecule has 0 saturated heterocycles. The zero-order valence-corrected chi connectivity index (χ0v) is 9.48. The molecule has 0 spiro atoms. The van der Waals surface area contributed by atoms with Gasteiger partial charge in [-0.2, -0.15) is 0 Å². The number of rotatable bonds is 3. The summed E-state index contributed by atoms with van der Waals surface area (Å²) in [6, 6.07) is 9.95. The first kappa shape index (κ1) is 11.5. The van der Waals surface area contributed by atoms with Gasteiger partial charge in [0.25, 0.3) is 0 Å². The van der Waals surface area contributed by atoms with Crippen LogP contribution in [0, 0.1) is 12.7 Å². The van der Waals surface area contributed by atoms with E-state index in [-0.39, 0.29) is 5.82 Å². The number of nitrogens with zero attached hydrogens (tertiary/aromatic N) is 1. The second-order valence-corrected chi connectivity index (χ2v) is 3.68. The normalized spacial score (nSPS) is 10.3. The molecule has 1 heterocycles. The first-order valence-electron chi connectivity index (χ1n) is 5.29. The molecule has 17 heavy (non-hydrogen) atoms. The van der Waals surface area contributed by atoms with Crippen LogP contribution in [0.1, 0.15) is 11.3 Å². The summed E-state index contributed by atoms with van der Waals surface area (Å²) in [5.41, 5.74) is 6.78. The lowest BCUT2D eigenvalue weighted by Crippen LogP contribution is -2.00. The highest BCUT2D eigenvalue weighted by Gasteiger charge is 2.02. The largest absolute Gasteiger partial charge is 0.439 e. The number of pyridine rings is 1. The Labute approximate surface area is 99.1 Å². The van der Waals surface area contributed by atoms with Crippen molar-refractivity contribution >= 4 is 0 Å². The molecule has 0 aliphatic rings. The Kier molecular flexibility index (Phi) is 3.35. The highest BCUT2D eigenvalue weighted by molar-refractivity contribution is 5.32. The summed E-state index contributed by atoms with van der Waals surface area (Å²) in [7, 11) is 0. The van der Waals surface area contributed by atoms with Gasteiger partial charge < -0.3 is 10.5 Å². The first-order chi connectivity index (χ1) is 8.19. The topological polar surface area (TPSA) is 48.1 Å². The molecule has 0 atom stereocenters. The number of aryl methyl sites for hydroxylation is 1. The zero-order valence-electron chi connectivity index (χ0n) is 9.48. The van der Waals surface area contributed by atoms with Crippen LogP contribution in [0.3, 0.4) is 0 Å². The average molecular weight is 232 g/mol. The molecule has 0 saturated carbocycles. The maximum atomic E-state index is 13.1. The van der Waals surface area contributed by atoms with Crippen LogP contribution in [0.15, 0.2) is 36.4 Å². The first-order valence-corrected chi connectivity index (χ1v) is 5.29. The zero-order chi connectivity index (χ0) is 12.3. The summed E-state index contributed by atoms with van der Waals surface area (Å²) in [4.78, 5) is 4.20. The van der Waals surface area contributed by atoms with Gasteiger partial charge in [-0.25, -0.2) is 9.37 Å². The Morgan fingerprint density at radius 3 is 2.82 bits per heavy atom. The van der Waals surface area contributed by atoms with Gasteiger partial charge in [0, 0.05) is 12.6 Å². The highest BCUT2D eigenvalue weighted by atomic mass is 19.1. The van der Waals surface area contributed by atoms with Crippen molar-refractivity contribution in [2.45, 2.75) is 13.5 Å². The summed E-state index contributed by atoms with van der Waals surface area (Å²) < 4.78 is 18.6. The quantitative estimate of drug-likeness (QED) is 0.885. The van der Waals surface area contributed by atoms with Crippen LogP contribution in [0.2, 0.25) is 0 Å². The van der Waals surface area contributed by atoms with E-state index in [1.165, 1.54) is 6.07 Å². The van der Waals surface area contributed by atoms with Crippen molar-refractivity contribution in [2.24, 2.45) is 5.73 Å². The Bertz CT molecular complexity index is 529. The molecule has 2 rings (SSSR count). The maximum absolute atomic E-state index is 13.1. The van der Waals surface area contributed by atoms with E-state index in [0.29, 0.717) is 23.7 Å². The molecule has 3 nitrogen and oxygen atoms in total. The number of hydrogen-bond acceptors (Lipinski definition) is 3. The molecule has 0 fully saturated rings. The van der Waals surface area contributed by atoms with E-state index >= 15 is 0 Å². The minimum absolute atomic E-state index is 0.249. The number of benzene rings is 1. The van der Waals surface area contributed by atoms with Gasteiger partial charge in [0.15, 0.2) is 0 Å². The van der Waals surface area contributed by atoms with E-state index in [1.807, 2.05) is 12.1 Å². The Morgan fingerprint density at radius 1 is 1.29 bits per heavy atom. The van der Waals surface area contributed by atoms with Crippen molar-refractivity contribution in [1.82, 2.24) is 4.98 Å². The van der Waals surface area contributed by atoms with E-state index in [0.717, 1.165) is 5.69 Å². The van der Waals surface area contributed by atoms with Gasteiger partial charge in [0.05, 0.1) is 5.69 Å². The third-order valence-corrected chi connectivity index (χ3v) is 2.34. The molecular weight excluding hydrogens is 219 g/mol. The summed E-state index contributed by atoms with van der Waals surface area (Å²) in [5, 5.41) is 0. The van der Waals surface area contributed by atoms with Gasteiger partial charge >= 0.3 is 0 Å². The van der Waals surface area contributed by atoms with Crippen LogP contribution in [0.4, 0.5) is 4.39 Å². The lowest BCUT2D eigenvalue weighted by Gasteiger charge is -2.06. The predicted molar refractivity (Wildman–Crippen MR) is 63.3 cm³/mol. The SMILES string of the molecule is Cc1cc(Oc2cccc(CN)n2)ccc1F. The number of ether oxygens (including phenoxy) is 1. The van der Waals surface area contributed by atoms with E-state index in [2.05, 4.69) is 4.98 Å². The second-order valence-electron chi connectivity index (χ2n) is 3.68. The summed E-state index contributed by atoms with van der Waals surface area (Å²) in [6.07, 6.45) is 0. The summed E-state index contributed by atoms with van der Waals surface area (Å²) in [5.74, 6) is 0.769. The molecule has 4 heteroatoms. The molecule has 0 amide bonds. The van der Waals surface area contributed by atoms with Crippen LogP contribution < -0.4 is 10.5 Å². The van der Waals surface area contributed by atoms with Crippen molar-refractivity contribution in [1.29, 1.82) is 0 Å². The molecule has 2 N–H and O–H groups in total. The Morgan fingerprint density at radius 2 is 2.12 bits per heavy atom. The molecule has 88 valence electrons. The fourth-order valence-corrected chi connectivity index (χ4v) is 1.43. The predicted octanol–water partition coefficient (Wildman–Crippen LogP) is 2.78. The molecule has 2 aromatic rings. The van der Waals surface area contributed by atoms with Crippen molar-refractivity contribution in [2.75, 3.05) is 0 Å². The van der Waals surface area contributed by atoms with E-state index in [4.69, 9.17) is 10.5 Å². The van der Waals surface area contributed by atoms with Crippen LogP contribution in [0.25, 0.3) is 0 Å².